The number of rotatable bonds is 2. The van der Waals surface area contributed by atoms with E-state index >= 15 is 0 Å². The Hall–Kier alpha value is -1.56. The minimum atomic E-state index is -3.75. The second-order valence-electron chi connectivity index (χ2n) is 4.11. The molecule has 102 valence electrons. The quantitative estimate of drug-likeness (QED) is 0.723. The number of halogens is 2. The Bertz CT molecular complexity index is 904. The molecule has 0 N–H and O–H groups in total. The standard InChI is InChI=1S/C13H8Cl2N2O2S/c14-10-6-5-9(7-11(10)15)20(18,19)17-8-16-12-3-1-2-4-13(12)17/h1-8H. The average molecular weight is 327 g/mol. The van der Waals surface area contributed by atoms with Crippen molar-refractivity contribution >= 4 is 44.3 Å². The van der Waals surface area contributed by atoms with E-state index in [0.717, 1.165) is 3.97 Å². The van der Waals surface area contributed by atoms with E-state index in [2.05, 4.69) is 4.98 Å². The van der Waals surface area contributed by atoms with Gasteiger partial charge in [0.05, 0.1) is 26.0 Å². The van der Waals surface area contributed by atoms with Crippen LogP contribution < -0.4 is 0 Å². The molecule has 2 aromatic carbocycles. The van der Waals surface area contributed by atoms with Crippen LogP contribution >= 0.6 is 23.2 Å². The zero-order valence-corrected chi connectivity index (χ0v) is 12.3. The summed E-state index contributed by atoms with van der Waals surface area (Å²) in [7, 11) is -3.75. The topological polar surface area (TPSA) is 52.0 Å². The molecule has 0 saturated carbocycles. The van der Waals surface area contributed by atoms with Gasteiger partial charge in [-0.1, -0.05) is 35.3 Å². The molecule has 0 bridgehead atoms. The minimum Gasteiger partial charge on any atom is -0.236 e. The Kier molecular flexibility index (Phi) is 3.20. The van der Waals surface area contributed by atoms with Gasteiger partial charge in [-0.15, -0.1) is 0 Å². The average Bonchev–Trinajstić information content (AvgIpc) is 2.86. The van der Waals surface area contributed by atoms with Crippen LogP contribution in [0.2, 0.25) is 10.0 Å². The highest BCUT2D eigenvalue weighted by molar-refractivity contribution is 7.90. The summed E-state index contributed by atoms with van der Waals surface area (Å²) in [6, 6.07) is 11.2. The van der Waals surface area contributed by atoms with E-state index in [1.807, 2.05) is 0 Å². The van der Waals surface area contributed by atoms with Gasteiger partial charge in [0.1, 0.15) is 6.33 Å². The summed E-state index contributed by atoms with van der Waals surface area (Å²) in [5, 5.41) is 0.498. The van der Waals surface area contributed by atoms with Gasteiger partial charge in [0.25, 0.3) is 10.0 Å². The number of imidazole rings is 1. The Morgan fingerprint density at radius 1 is 1.00 bits per heavy atom. The van der Waals surface area contributed by atoms with Gasteiger partial charge < -0.3 is 0 Å². The molecule has 1 aromatic heterocycles. The van der Waals surface area contributed by atoms with Crippen molar-refractivity contribution in [1.82, 2.24) is 8.96 Å². The third-order valence-corrected chi connectivity index (χ3v) is 5.27. The summed E-state index contributed by atoms with van der Waals surface area (Å²) in [6.45, 7) is 0. The summed E-state index contributed by atoms with van der Waals surface area (Å²) < 4.78 is 26.3. The second-order valence-corrected chi connectivity index (χ2v) is 6.74. The summed E-state index contributed by atoms with van der Waals surface area (Å²) in [5.41, 5.74) is 1.12. The van der Waals surface area contributed by atoms with Gasteiger partial charge in [-0.05, 0) is 30.3 Å². The molecular weight excluding hydrogens is 319 g/mol. The second kappa shape index (κ2) is 4.77. The molecular formula is C13H8Cl2N2O2S. The molecule has 20 heavy (non-hydrogen) atoms. The van der Waals surface area contributed by atoms with E-state index in [4.69, 9.17) is 23.2 Å². The fraction of sp³-hybridized carbons (Fsp3) is 0. The largest absolute Gasteiger partial charge is 0.269 e. The maximum atomic E-state index is 12.6. The summed E-state index contributed by atoms with van der Waals surface area (Å²) in [6.07, 6.45) is 1.28. The third-order valence-electron chi connectivity index (χ3n) is 2.87. The maximum Gasteiger partial charge on any atom is 0.269 e. The number of fused-ring (bicyclic) bond motifs is 1. The van der Waals surface area contributed by atoms with Gasteiger partial charge in [0, 0.05) is 0 Å². The molecule has 0 aliphatic carbocycles. The van der Waals surface area contributed by atoms with E-state index in [1.54, 1.807) is 24.3 Å². The van der Waals surface area contributed by atoms with Crippen molar-refractivity contribution in [2.75, 3.05) is 0 Å². The zero-order chi connectivity index (χ0) is 14.3. The Labute approximate surface area is 125 Å². The zero-order valence-electron chi connectivity index (χ0n) is 9.99. The van der Waals surface area contributed by atoms with Crippen LogP contribution in [0, 0.1) is 0 Å². The molecule has 4 nitrogen and oxygen atoms in total. The molecule has 0 saturated heterocycles. The number of hydrogen-bond donors (Lipinski definition) is 0. The van der Waals surface area contributed by atoms with Crippen LogP contribution in [0.3, 0.4) is 0 Å². The van der Waals surface area contributed by atoms with Gasteiger partial charge in [-0.25, -0.2) is 17.4 Å². The molecule has 0 amide bonds. The lowest BCUT2D eigenvalue weighted by molar-refractivity contribution is 0.588. The Balaban J connectivity index is 2.23. The normalized spacial score (nSPS) is 11.9. The smallest absolute Gasteiger partial charge is 0.236 e. The highest BCUT2D eigenvalue weighted by Gasteiger charge is 2.20. The molecule has 0 atom stereocenters. The highest BCUT2D eigenvalue weighted by atomic mass is 35.5. The fourth-order valence-corrected chi connectivity index (χ4v) is 3.56. The van der Waals surface area contributed by atoms with Crippen LogP contribution in [0.5, 0.6) is 0 Å². The Morgan fingerprint density at radius 2 is 1.75 bits per heavy atom. The van der Waals surface area contributed by atoms with Crippen molar-refractivity contribution < 1.29 is 8.42 Å². The first-order valence-corrected chi connectivity index (χ1v) is 7.82. The SMILES string of the molecule is O=S(=O)(c1ccc(Cl)c(Cl)c1)n1cnc2ccccc21. The van der Waals surface area contributed by atoms with Crippen LogP contribution in [-0.4, -0.2) is 17.4 Å². The van der Waals surface area contributed by atoms with Crippen molar-refractivity contribution in [2.24, 2.45) is 0 Å². The van der Waals surface area contributed by atoms with E-state index < -0.39 is 10.0 Å². The number of para-hydroxylation sites is 2. The number of hydrogen-bond acceptors (Lipinski definition) is 3. The van der Waals surface area contributed by atoms with Crippen LogP contribution in [0.4, 0.5) is 0 Å². The van der Waals surface area contributed by atoms with Gasteiger partial charge >= 0.3 is 0 Å². The van der Waals surface area contributed by atoms with E-state index in [1.165, 1.54) is 24.5 Å². The molecule has 0 aliphatic rings. The number of benzene rings is 2. The first kappa shape index (κ1) is 13.4. The summed E-state index contributed by atoms with van der Waals surface area (Å²) in [5.74, 6) is 0. The van der Waals surface area contributed by atoms with E-state index in [0.29, 0.717) is 16.1 Å². The van der Waals surface area contributed by atoms with Crippen LogP contribution in [0.15, 0.2) is 53.7 Å². The van der Waals surface area contributed by atoms with Crippen LogP contribution in [-0.2, 0) is 10.0 Å². The molecule has 0 unspecified atom stereocenters. The van der Waals surface area contributed by atoms with Crippen molar-refractivity contribution in [2.45, 2.75) is 4.90 Å². The van der Waals surface area contributed by atoms with E-state index in [-0.39, 0.29) is 9.92 Å². The summed E-state index contributed by atoms with van der Waals surface area (Å²) in [4.78, 5) is 4.14. The maximum absolute atomic E-state index is 12.6. The van der Waals surface area contributed by atoms with E-state index in [9.17, 15) is 8.42 Å². The monoisotopic (exact) mass is 326 g/mol. The first-order valence-electron chi connectivity index (χ1n) is 5.63. The number of aromatic nitrogens is 2. The highest BCUT2D eigenvalue weighted by Crippen LogP contribution is 2.27. The van der Waals surface area contributed by atoms with Crippen molar-refractivity contribution in [3.05, 3.63) is 58.8 Å². The lowest BCUT2D eigenvalue weighted by Crippen LogP contribution is -2.11. The predicted octanol–water partition coefficient (Wildman–Crippen LogP) is 3.58. The molecule has 7 heteroatoms. The minimum absolute atomic E-state index is 0.0649. The fourth-order valence-electron chi connectivity index (χ4n) is 1.88. The predicted molar refractivity (Wildman–Crippen MR) is 78.8 cm³/mol. The number of nitrogens with zero attached hydrogens (tertiary/aromatic N) is 2. The molecule has 3 aromatic rings. The van der Waals surface area contributed by atoms with Crippen molar-refractivity contribution in [3.63, 3.8) is 0 Å². The lowest BCUT2D eigenvalue weighted by Gasteiger charge is -2.07. The molecule has 0 fully saturated rings. The van der Waals surface area contributed by atoms with Gasteiger partial charge in [0.2, 0.25) is 0 Å². The van der Waals surface area contributed by atoms with Crippen LogP contribution in [0.25, 0.3) is 11.0 Å². The van der Waals surface area contributed by atoms with Crippen LogP contribution in [0.1, 0.15) is 0 Å². The molecule has 0 spiro atoms. The lowest BCUT2D eigenvalue weighted by atomic mass is 10.3. The van der Waals surface area contributed by atoms with Crippen molar-refractivity contribution in [1.29, 1.82) is 0 Å². The summed E-state index contributed by atoms with van der Waals surface area (Å²) >= 11 is 11.7. The molecule has 1 heterocycles. The molecule has 0 radical (unpaired) electrons. The third kappa shape index (κ3) is 2.08. The molecule has 3 rings (SSSR count). The Morgan fingerprint density at radius 3 is 2.50 bits per heavy atom. The van der Waals surface area contributed by atoms with Gasteiger partial charge in [-0.2, -0.15) is 0 Å². The molecule has 0 aliphatic heterocycles. The van der Waals surface area contributed by atoms with Crippen molar-refractivity contribution in [3.8, 4) is 0 Å². The van der Waals surface area contributed by atoms with Gasteiger partial charge in [-0.3, -0.25) is 0 Å². The first-order chi connectivity index (χ1) is 9.50. The van der Waals surface area contributed by atoms with Gasteiger partial charge in [0.15, 0.2) is 0 Å².